The van der Waals surface area contributed by atoms with Crippen molar-refractivity contribution in [3.63, 3.8) is 0 Å². The van der Waals surface area contributed by atoms with Crippen LogP contribution in [0.1, 0.15) is 37.2 Å². The Labute approximate surface area is 108 Å². The van der Waals surface area contributed by atoms with E-state index in [1.165, 1.54) is 37.0 Å². The number of benzene rings is 1. The fourth-order valence-electron chi connectivity index (χ4n) is 3.27. The normalized spacial score (nSPS) is 32.1. The molecule has 1 aliphatic carbocycles. The fraction of sp³-hybridized carbons (Fsp3) is 0.533. The predicted octanol–water partition coefficient (Wildman–Crippen LogP) is 4.02. The zero-order chi connectivity index (χ0) is 11.7. The van der Waals surface area contributed by atoms with Gasteiger partial charge in [-0.2, -0.15) is 0 Å². The SMILES string of the molecule is ClC[C@@H]1C[C@H]2C[C@@H](c3ccccc3)CCC2=N1. The van der Waals surface area contributed by atoms with Crippen molar-refractivity contribution in [3.8, 4) is 0 Å². The predicted molar refractivity (Wildman–Crippen MR) is 73.1 cm³/mol. The lowest BCUT2D eigenvalue weighted by Gasteiger charge is -2.27. The van der Waals surface area contributed by atoms with E-state index in [1.54, 1.807) is 0 Å². The molecule has 0 spiro atoms. The third kappa shape index (κ3) is 2.26. The van der Waals surface area contributed by atoms with Crippen LogP contribution in [0.2, 0.25) is 0 Å². The van der Waals surface area contributed by atoms with E-state index in [4.69, 9.17) is 16.6 Å². The van der Waals surface area contributed by atoms with Crippen LogP contribution in [-0.2, 0) is 0 Å². The molecule has 3 rings (SSSR count). The van der Waals surface area contributed by atoms with Crippen molar-refractivity contribution < 1.29 is 0 Å². The molecule has 0 amide bonds. The molecule has 3 atom stereocenters. The number of fused-ring (bicyclic) bond motifs is 1. The Hall–Kier alpha value is -0.820. The molecule has 1 aliphatic heterocycles. The van der Waals surface area contributed by atoms with E-state index in [1.807, 2.05) is 0 Å². The van der Waals surface area contributed by atoms with Crippen LogP contribution in [0.15, 0.2) is 35.3 Å². The van der Waals surface area contributed by atoms with Gasteiger partial charge in [-0.3, -0.25) is 4.99 Å². The van der Waals surface area contributed by atoms with Crippen LogP contribution in [-0.4, -0.2) is 17.6 Å². The molecular weight excluding hydrogens is 230 g/mol. The van der Waals surface area contributed by atoms with Crippen LogP contribution < -0.4 is 0 Å². The van der Waals surface area contributed by atoms with E-state index in [0.717, 1.165) is 5.92 Å². The van der Waals surface area contributed by atoms with Gasteiger partial charge >= 0.3 is 0 Å². The van der Waals surface area contributed by atoms with Crippen LogP contribution >= 0.6 is 11.6 Å². The topological polar surface area (TPSA) is 12.4 Å². The van der Waals surface area contributed by atoms with Gasteiger partial charge in [-0.15, -0.1) is 11.6 Å². The molecule has 1 heterocycles. The van der Waals surface area contributed by atoms with Gasteiger partial charge in [0.05, 0.1) is 6.04 Å². The molecular formula is C15H18ClN. The van der Waals surface area contributed by atoms with Crippen molar-refractivity contribution in [1.82, 2.24) is 0 Å². The van der Waals surface area contributed by atoms with Gasteiger partial charge in [-0.25, -0.2) is 0 Å². The number of halogens is 1. The monoisotopic (exact) mass is 247 g/mol. The molecule has 0 saturated heterocycles. The molecule has 0 bridgehead atoms. The summed E-state index contributed by atoms with van der Waals surface area (Å²) in [5.74, 6) is 2.13. The first-order valence-electron chi connectivity index (χ1n) is 6.54. The minimum Gasteiger partial charge on any atom is -0.289 e. The van der Waals surface area contributed by atoms with Crippen LogP contribution in [0.25, 0.3) is 0 Å². The Morgan fingerprint density at radius 3 is 2.71 bits per heavy atom. The second kappa shape index (κ2) is 4.81. The van der Waals surface area contributed by atoms with Crippen LogP contribution in [0.3, 0.4) is 0 Å². The average molecular weight is 248 g/mol. The zero-order valence-corrected chi connectivity index (χ0v) is 10.7. The standard InChI is InChI=1S/C15H18ClN/c16-10-14-9-13-8-12(6-7-15(13)17-14)11-4-2-1-3-5-11/h1-5,12-14H,6-10H2/t12-,13+,14-/m0/s1. The smallest absolute Gasteiger partial charge is 0.0640 e. The second-order valence-corrected chi connectivity index (χ2v) is 5.55. The molecule has 0 N–H and O–H groups in total. The van der Waals surface area contributed by atoms with Crippen molar-refractivity contribution >= 4 is 17.3 Å². The number of hydrogen-bond donors (Lipinski definition) is 0. The maximum atomic E-state index is 5.92. The molecule has 0 aromatic heterocycles. The Morgan fingerprint density at radius 2 is 1.94 bits per heavy atom. The number of aliphatic imine (C=N–C) groups is 1. The highest BCUT2D eigenvalue weighted by Gasteiger charge is 2.33. The lowest BCUT2D eigenvalue weighted by Crippen LogP contribution is -2.21. The first kappa shape index (κ1) is 11.3. The minimum absolute atomic E-state index is 0.395. The highest BCUT2D eigenvalue weighted by molar-refractivity contribution is 6.18. The molecule has 1 aromatic carbocycles. The molecule has 1 nitrogen and oxygen atoms in total. The molecule has 1 saturated carbocycles. The van der Waals surface area contributed by atoms with E-state index < -0.39 is 0 Å². The Kier molecular flexibility index (Phi) is 3.19. The Morgan fingerprint density at radius 1 is 1.12 bits per heavy atom. The highest BCUT2D eigenvalue weighted by atomic mass is 35.5. The van der Waals surface area contributed by atoms with E-state index in [9.17, 15) is 0 Å². The molecule has 17 heavy (non-hydrogen) atoms. The second-order valence-electron chi connectivity index (χ2n) is 5.24. The molecule has 90 valence electrons. The maximum absolute atomic E-state index is 5.92. The molecule has 2 heteroatoms. The number of nitrogens with zero attached hydrogens (tertiary/aromatic N) is 1. The summed E-state index contributed by atoms with van der Waals surface area (Å²) in [5, 5.41) is 0. The van der Waals surface area contributed by atoms with E-state index in [-0.39, 0.29) is 0 Å². The van der Waals surface area contributed by atoms with E-state index >= 15 is 0 Å². The van der Waals surface area contributed by atoms with Gasteiger partial charge in [0.15, 0.2) is 0 Å². The quantitative estimate of drug-likeness (QED) is 0.700. The first-order chi connectivity index (χ1) is 8.36. The summed E-state index contributed by atoms with van der Waals surface area (Å²) in [4.78, 5) is 4.74. The summed E-state index contributed by atoms with van der Waals surface area (Å²) in [5.41, 5.74) is 2.95. The number of alkyl halides is 1. The number of hydrogen-bond acceptors (Lipinski definition) is 1. The third-order valence-corrected chi connectivity index (χ3v) is 4.50. The Balaban J connectivity index is 1.72. The first-order valence-corrected chi connectivity index (χ1v) is 7.07. The largest absolute Gasteiger partial charge is 0.289 e. The Bertz CT molecular complexity index is 412. The summed E-state index contributed by atoms with van der Waals surface area (Å²) in [7, 11) is 0. The van der Waals surface area contributed by atoms with Gasteiger partial charge in [0.2, 0.25) is 0 Å². The van der Waals surface area contributed by atoms with Crippen LogP contribution in [0.5, 0.6) is 0 Å². The van der Waals surface area contributed by atoms with Crippen molar-refractivity contribution in [3.05, 3.63) is 35.9 Å². The van der Waals surface area contributed by atoms with Crippen molar-refractivity contribution in [2.75, 3.05) is 5.88 Å². The van der Waals surface area contributed by atoms with Gasteiger partial charge in [-0.1, -0.05) is 30.3 Å². The summed E-state index contributed by atoms with van der Waals surface area (Å²) < 4.78 is 0. The number of rotatable bonds is 2. The summed E-state index contributed by atoms with van der Waals surface area (Å²) in [6.45, 7) is 0. The van der Waals surface area contributed by atoms with Gasteiger partial charge in [0.25, 0.3) is 0 Å². The van der Waals surface area contributed by atoms with Gasteiger partial charge in [0, 0.05) is 11.6 Å². The summed E-state index contributed by atoms with van der Waals surface area (Å²) >= 11 is 5.92. The molecule has 0 unspecified atom stereocenters. The van der Waals surface area contributed by atoms with Gasteiger partial charge in [-0.05, 0) is 43.1 Å². The summed E-state index contributed by atoms with van der Waals surface area (Å²) in [6, 6.07) is 11.3. The molecule has 1 aromatic rings. The van der Waals surface area contributed by atoms with Gasteiger partial charge in [0.1, 0.15) is 0 Å². The molecule has 1 fully saturated rings. The highest BCUT2D eigenvalue weighted by Crippen LogP contribution is 2.40. The summed E-state index contributed by atoms with van der Waals surface area (Å²) in [6.07, 6.45) is 4.89. The lowest BCUT2D eigenvalue weighted by atomic mass is 9.76. The van der Waals surface area contributed by atoms with Gasteiger partial charge < -0.3 is 0 Å². The van der Waals surface area contributed by atoms with E-state index in [0.29, 0.717) is 17.8 Å². The third-order valence-electron chi connectivity index (χ3n) is 4.14. The van der Waals surface area contributed by atoms with E-state index in [2.05, 4.69) is 30.3 Å². The van der Waals surface area contributed by atoms with Crippen LogP contribution in [0, 0.1) is 5.92 Å². The molecule has 2 aliphatic rings. The van der Waals surface area contributed by atoms with Crippen molar-refractivity contribution in [1.29, 1.82) is 0 Å². The minimum atomic E-state index is 0.395. The average Bonchev–Trinajstić information content (AvgIpc) is 2.81. The van der Waals surface area contributed by atoms with Crippen molar-refractivity contribution in [2.45, 2.75) is 37.6 Å². The van der Waals surface area contributed by atoms with Crippen molar-refractivity contribution in [2.24, 2.45) is 10.9 Å². The molecule has 0 radical (unpaired) electrons. The zero-order valence-electron chi connectivity index (χ0n) is 9.98. The fourth-order valence-corrected chi connectivity index (χ4v) is 3.46. The lowest BCUT2D eigenvalue weighted by molar-refractivity contribution is 0.454. The maximum Gasteiger partial charge on any atom is 0.0640 e. The van der Waals surface area contributed by atoms with Crippen LogP contribution in [0.4, 0.5) is 0 Å².